The number of nitro groups is 1. The van der Waals surface area contributed by atoms with E-state index >= 15 is 0 Å². The van der Waals surface area contributed by atoms with Gasteiger partial charge in [0.2, 0.25) is 0 Å². The maximum atomic E-state index is 13.2. The second-order valence-corrected chi connectivity index (χ2v) is 9.97. The van der Waals surface area contributed by atoms with Crippen LogP contribution in [0.15, 0.2) is 77.7 Å². The highest BCUT2D eigenvalue weighted by Gasteiger charge is 2.29. The molecular weight excluding hydrogens is 470 g/mol. The van der Waals surface area contributed by atoms with E-state index in [-0.39, 0.29) is 28.2 Å². The third-order valence-corrected chi connectivity index (χ3v) is 7.35. The average Bonchev–Trinajstić information content (AvgIpc) is 3.32. The van der Waals surface area contributed by atoms with Gasteiger partial charge in [0.25, 0.3) is 21.6 Å². The van der Waals surface area contributed by atoms with E-state index < -0.39 is 14.9 Å². The third-order valence-electron chi connectivity index (χ3n) is 5.97. The number of ether oxygens (including phenoxy) is 1. The molecule has 10 heteroatoms. The highest BCUT2D eigenvalue weighted by Crippen LogP contribution is 2.26. The molecular formula is C25H25N3O6S. The molecule has 1 heterocycles. The summed E-state index contributed by atoms with van der Waals surface area (Å²) >= 11 is 0. The van der Waals surface area contributed by atoms with Gasteiger partial charge >= 0.3 is 0 Å². The van der Waals surface area contributed by atoms with Gasteiger partial charge in [0.1, 0.15) is 5.75 Å². The lowest BCUT2D eigenvalue weighted by molar-refractivity contribution is -0.385. The van der Waals surface area contributed by atoms with Crippen molar-refractivity contribution < 1.29 is 22.9 Å². The Labute approximate surface area is 203 Å². The summed E-state index contributed by atoms with van der Waals surface area (Å²) in [6, 6.07) is 18.9. The molecule has 1 aliphatic heterocycles. The van der Waals surface area contributed by atoms with Crippen LogP contribution >= 0.6 is 0 Å². The fraction of sp³-hybridized carbons (Fsp3) is 0.240. The lowest BCUT2D eigenvalue weighted by Crippen LogP contribution is -2.36. The molecule has 1 N–H and O–H groups in total. The van der Waals surface area contributed by atoms with E-state index in [1.54, 1.807) is 19.2 Å². The Bertz CT molecular complexity index is 1340. The molecule has 0 aromatic heterocycles. The van der Waals surface area contributed by atoms with Crippen LogP contribution in [0.25, 0.3) is 0 Å². The molecule has 3 aromatic rings. The molecule has 1 atom stereocenters. The van der Waals surface area contributed by atoms with Crippen LogP contribution in [-0.4, -0.2) is 43.8 Å². The fourth-order valence-corrected chi connectivity index (χ4v) is 5.31. The van der Waals surface area contributed by atoms with E-state index in [1.165, 1.54) is 30.3 Å². The van der Waals surface area contributed by atoms with Gasteiger partial charge in [0.15, 0.2) is 0 Å². The standard InChI is InChI=1S/C25H25N3O6S/c1-34-23-8-2-5-18(16-23)15-21-7-4-14-27(21)25(29)19-10-12-20(13-11-19)26-35(32,33)24-9-3-6-22(17-24)28(30)31/h2-3,5-6,8-13,16-17,21,26H,4,7,14-15H2,1H3. The van der Waals surface area contributed by atoms with Gasteiger partial charge in [-0.15, -0.1) is 0 Å². The number of non-ortho nitro benzene ring substituents is 1. The molecule has 9 nitrogen and oxygen atoms in total. The van der Waals surface area contributed by atoms with Gasteiger partial charge in [0.05, 0.1) is 16.9 Å². The first-order valence-corrected chi connectivity index (χ1v) is 12.6. The minimum atomic E-state index is -4.03. The van der Waals surface area contributed by atoms with E-state index in [0.29, 0.717) is 12.1 Å². The van der Waals surface area contributed by atoms with Crippen LogP contribution < -0.4 is 9.46 Å². The predicted molar refractivity (Wildman–Crippen MR) is 131 cm³/mol. The van der Waals surface area contributed by atoms with Crippen LogP contribution in [0.3, 0.4) is 0 Å². The molecule has 1 fully saturated rings. The van der Waals surface area contributed by atoms with E-state index in [2.05, 4.69) is 4.72 Å². The molecule has 1 aliphatic rings. The molecule has 4 rings (SSSR count). The van der Waals surface area contributed by atoms with Gasteiger partial charge in [-0.05, 0) is 67.3 Å². The van der Waals surface area contributed by atoms with Gasteiger partial charge in [-0.3, -0.25) is 19.6 Å². The fourth-order valence-electron chi connectivity index (χ4n) is 4.21. The molecule has 35 heavy (non-hydrogen) atoms. The summed E-state index contributed by atoms with van der Waals surface area (Å²) < 4.78 is 33.0. The number of nitrogens with one attached hydrogen (secondary N) is 1. The Hall–Kier alpha value is -3.92. The average molecular weight is 496 g/mol. The van der Waals surface area contributed by atoms with Gasteiger partial charge in [-0.2, -0.15) is 0 Å². The largest absolute Gasteiger partial charge is 0.497 e. The quantitative estimate of drug-likeness (QED) is 0.369. The van der Waals surface area contributed by atoms with Crippen molar-refractivity contribution in [1.29, 1.82) is 0 Å². The molecule has 1 amide bonds. The molecule has 1 unspecified atom stereocenters. The Balaban J connectivity index is 1.45. The van der Waals surface area contributed by atoms with Gasteiger partial charge < -0.3 is 9.64 Å². The number of anilines is 1. The van der Waals surface area contributed by atoms with Crippen molar-refractivity contribution in [1.82, 2.24) is 4.90 Å². The number of nitro benzene ring substituents is 1. The minimum Gasteiger partial charge on any atom is -0.497 e. The second kappa shape index (κ2) is 10.1. The molecule has 0 aliphatic carbocycles. The number of carbonyl (C=O) groups excluding carboxylic acids is 1. The third kappa shape index (κ3) is 5.60. The van der Waals surface area contributed by atoms with Crippen LogP contribution in [0.4, 0.5) is 11.4 Å². The number of rotatable bonds is 8. The van der Waals surface area contributed by atoms with Crippen LogP contribution in [0.1, 0.15) is 28.8 Å². The van der Waals surface area contributed by atoms with Crippen LogP contribution in [0, 0.1) is 10.1 Å². The summed E-state index contributed by atoms with van der Waals surface area (Å²) in [7, 11) is -2.40. The lowest BCUT2D eigenvalue weighted by Gasteiger charge is -2.25. The van der Waals surface area contributed by atoms with Crippen LogP contribution in [0.2, 0.25) is 0 Å². The highest BCUT2D eigenvalue weighted by atomic mass is 32.2. The molecule has 0 saturated carbocycles. The molecule has 3 aromatic carbocycles. The van der Waals surface area contributed by atoms with Gasteiger partial charge in [-0.25, -0.2) is 8.42 Å². The normalized spacial score (nSPS) is 15.6. The van der Waals surface area contributed by atoms with Crippen molar-refractivity contribution in [3.8, 4) is 5.75 Å². The van der Waals surface area contributed by atoms with Crippen molar-refractivity contribution in [2.75, 3.05) is 18.4 Å². The molecule has 0 radical (unpaired) electrons. The Morgan fingerprint density at radius 3 is 2.57 bits per heavy atom. The van der Waals surface area contributed by atoms with E-state index in [9.17, 15) is 23.3 Å². The van der Waals surface area contributed by atoms with Crippen molar-refractivity contribution in [2.45, 2.75) is 30.2 Å². The summed E-state index contributed by atoms with van der Waals surface area (Å²) in [4.78, 5) is 25.1. The summed E-state index contributed by atoms with van der Waals surface area (Å²) in [5, 5.41) is 11.0. The maximum Gasteiger partial charge on any atom is 0.270 e. The highest BCUT2D eigenvalue weighted by molar-refractivity contribution is 7.92. The number of hydrogen-bond acceptors (Lipinski definition) is 6. The van der Waals surface area contributed by atoms with Crippen molar-refractivity contribution in [3.63, 3.8) is 0 Å². The smallest absolute Gasteiger partial charge is 0.270 e. The zero-order valence-corrected chi connectivity index (χ0v) is 19.9. The summed E-state index contributed by atoms with van der Waals surface area (Å²) in [5.74, 6) is 0.671. The van der Waals surface area contributed by atoms with E-state index in [4.69, 9.17) is 4.74 Å². The Kier molecular flexibility index (Phi) is 7.02. The molecule has 0 spiro atoms. The number of likely N-dealkylation sites (tertiary alicyclic amines) is 1. The lowest BCUT2D eigenvalue weighted by atomic mass is 10.0. The van der Waals surface area contributed by atoms with Crippen molar-refractivity contribution in [2.24, 2.45) is 0 Å². The minimum absolute atomic E-state index is 0.0710. The predicted octanol–water partition coefficient (Wildman–Crippen LogP) is 4.25. The Morgan fingerprint density at radius 2 is 1.86 bits per heavy atom. The topological polar surface area (TPSA) is 119 Å². The van der Waals surface area contributed by atoms with Gasteiger partial charge in [-0.1, -0.05) is 18.2 Å². The van der Waals surface area contributed by atoms with Crippen LogP contribution in [-0.2, 0) is 16.4 Å². The first-order chi connectivity index (χ1) is 16.8. The zero-order chi connectivity index (χ0) is 25.0. The van der Waals surface area contributed by atoms with Gasteiger partial charge in [0, 0.05) is 36.0 Å². The molecule has 0 bridgehead atoms. The molecule has 182 valence electrons. The first kappa shape index (κ1) is 24.2. The number of carbonyl (C=O) groups is 1. The zero-order valence-electron chi connectivity index (χ0n) is 19.1. The van der Waals surface area contributed by atoms with E-state index in [1.807, 2.05) is 29.2 Å². The number of amides is 1. The molecule has 1 saturated heterocycles. The van der Waals surface area contributed by atoms with Crippen LogP contribution in [0.5, 0.6) is 5.75 Å². The number of benzene rings is 3. The monoisotopic (exact) mass is 495 g/mol. The number of sulfonamides is 1. The number of nitrogens with zero attached hydrogens (tertiary/aromatic N) is 2. The number of hydrogen-bond donors (Lipinski definition) is 1. The summed E-state index contributed by atoms with van der Waals surface area (Å²) in [6.07, 6.45) is 2.55. The second-order valence-electron chi connectivity index (χ2n) is 8.29. The first-order valence-electron chi connectivity index (χ1n) is 11.1. The van der Waals surface area contributed by atoms with E-state index in [0.717, 1.165) is 36.6 Å². The summed E-state index contributed by atoms with van der Waals surface area (Å²) in [6.45, 7) is 0.661. The summed E-state index contributed by atoms with van der Waals surface area (Å²) in [5.41, 5.74) is 1.49. The number of methoxy groups -OCH3 is 1. The Morgan fingerprint density at radius 1 is 1.11 bits per heavy atom. The van der Waals surface area contributed by atoms with Crippen molar-refractivity contribution in [3.05, 3.63) is 94.0 Å². The maximum absolute atomic E-state index is 13.2. The SMILES string of the molecule is COc1cccc(CC2CCCN2C(=O)c2ccc(NS(=O)(=O)c3cccc([N+](=O)[O-])c3)cc2)c1. The van der Waals surface area contributed by atoms with Crippen molar-refractivity contribution >= 4 is 27.3 Å².